The Bertz CT molecular complexity index is 796. The third-order valence-electron chi connectivity index (χ3n) is 4.06. The Balaban J connectivity index is 1.75. The SMILES string of the molecule is Cc1ccc(CN(Cc2cccnc2)C(=O)C(C)Cc2cccs2)s1. The first kappa shape index (κ1) is 17.8. The predicted octanol–water partition coefficient (Wildman–Crippen LogP) is 4.92. The van der Waals surface area contributed by atoms with Crippen LogP contribution in [-0.4, -0.2) is 15.8 Å². The highest BCUT2D eigenvalue weighted by molar-refractivity contribution is 7.11. The number of thiophene rings is 2. The molecule has 0 aliphatic rings. The zero-order valence-corrected chi connectivity index (χ0v) is 16.1. The van der Waals surface area contributed by atoms with Crippen LogP contribution in [0, 0.1) is 12.8 Å². The van der Waals surface area contributed by atoms with Crippen LogP contribution >= 0.6 is 22.7 Å². The first-order valence-electron chi connectivity index (χ1n) is 8.37. The Kier molecular flexibility index (Phi) is 6.00. The smallest absolute Gasteiger partial charge is 0.226 e. The molecule has 0 spiro atoms. The number of aromatic nitrogens is 1. The molecule has 1 atom stereocenters. The molecule has 0 aromatic carbocycles. The number of nitrogens with zero attached hydrogens (tertiary/aromatic N) is 2. The fraction of sp³-hybridized carbons (Fsp3) is 0.300. The van der Waals surface area contributed by atoms with Gasteiger partial charge in [-0.2, -0.15) is 0 Å². The average Bonchev–Trinajstić information content (AvgIpc) is 3.26. The Hall–Kier alpha value is -1.98. The third-order valence-corrected chi connectivity index (χ3v) is 5.94. The van der Waals surface area contributed by atoms with E-state index in [1.807, 2.05) is 36.2 Å². The summed E-state index contributed by atoms with van der Waals surface area (Å²) in [6.07, 6.45) is 4.39. The Labute approximate surface area is 157 Å². The molecule has 3 rings (SSSR count). The van der Waals surface area contributed by atoms with Crippen LogP contribution in [0.5, 0.6) is 0 Å². The summed E-state index contributed by atoms with van der Waals surface area (Å²) in [6, 6.07) is 12.3. The molecule has 0 fully saturated rings. The molecule has 5 heteroatoms. The molecule has 3 heterocycles. The van der Waals surface area contributed by atoms with Crippen molar-refractivity contribution in [1.82, 2.24) is 9.88 Å². The lowest BCUT2D eigenvalue weighted by Crippen LogP contribution is -2.34. The molecule has 0 saturated heterocycles. The molecular formula is C20H22N2OS2. The van der Waals surface area contributed by atoms with Crippen LogP contribution in [0.25, 0.3) is 0 Å². The van der Waals surface area contributed by atoms with E-state index >= 15 is 0 Å². The second-order valence-corrected chi connectivity index (χ2v) is 8.66. The van der Waals surface area contributed by atoms with E-state index in [0.29, 0.717) is 13.1 Å². The second-order valence-electron chi connectivity index (χ2n) is 6.25. The molecule has 0 bridgehead atoms. The molecule has 3 aromatic rings. The van der Waals surface area contributed by atoms with Crippen LogP contribution in [0.15, 0.2) is 54.2 Å². The lowest BCUT2D eigenvalue weighted by molar-refractivity contribution is -0.136. The molecule has 0 aliphatic heterocycles. The largest absolute Gasteiger partial charge is 0.333 e. The van der Waals surface area contributed by atoms with Crippen molar-refractivity contribution >= 4 is 28.6 Å². The molecule has 0 aliphatic carbocycles. The van der Waals surface area contributed by atoms with Gasteiger partial charge in [0.15, 0.2) is 0 Å². The molecule has 0 radical (unpaired) electrons. The van der Waals surface area contributed by atoms with Gasteiger partial charge in [-0.05, 0) is 48.6 Å². The minimum atomic E-state index is -0.0311. The Morgan fingerprint density at radius 3 is 2.68 bits per heavy atom. The lowest BCUT2D eigenvalue weighted by atomic mass is 10.0. The van der Waals surface area contributed by atoms with Gasteiger partial charge in [-0.3, -0.25) is 9.78 Å². The highest BCUT2D eigenvalue weighted by atomic mass is 32.1. The third kappa shape index (κ3) is 5.00. The molecule has 1 unspecified atom stereocenters. The highest BCUT2D eigenvalue weighted by Crippen LogP contribution is 2.22. The maximum Gasteiger partial charge on any atom is 0.226 e. The van der Waals surface area contributed by atoms with Crippen LogP contribution in [0.1, 0.15) is 27.1 Å². The van der Waals surface area contributed by atoms with E-state index in [-0.39, 0.29) is 11.8 Å². The van der Waals surface area contributed by atoms with E-state index in [1.165, 1.54) is 14.6 Å². The van der Waals surface area contributed by atoms with Crippen molar-refractivity contribution < 1.29 is 4.79 Å². The minimum absolute atomic E-state index is 0.0311. The normalized spacial score (nSPS) is 12.1. The number of pyridine rings is 1. The fourth-order valence-corrected chi connectivity index (χ4v) is 4.55. The summed E-state index contributed by atoms with van der Waals surface area (Å²) in [5.41, 5.74) is 1.06. The average molecular weight is 371 g/mol. The first-order valence-corrected chi connectivity index (χ1v) is 10.1. The van der Waals surface area contributed by atoms with Crippen molar-refractivity contribution in [1.29, 1.82) is 0 Å². The summed E-state index contributed by atoms with van der Waals surface area (Å²) >= 11 is 3.47. The summed E-state index contributed by atoms with van der Waals surface area (Å²) < 4.78 is 0. The van der Waals surface area contributed by atoms with Crippen LogP contribution < -0.4 is 0 Å². The quantitative estimate of drug-likeness (QED) is 0.591. The number of carbonyl (C=O) groups excluding carboxylic acids is 1. The molecule has 130 valence electrons. The molecule has 0 N–H and O–H groups in total. The number of amides is 1. The van der Waals surface area contributed by atoms with Crippen molar-refractivity contribution in [3.63, 3.8) is 0 Å². The second kappa shape index (κ2) is 8.41. The molecule has 0 saturated carbocycles. The van der Waals surface area contributed by atoms with Gasteiger partial charge in [-0.25, -0.2) is 0 Å². The van der Waals surface area contributed by atoms with Gasteiger partial charge in [0.25, 0.3) is 0 Å². The van der Waals surface area contributed by atoms with Gasteiger partial charge in [-0.1, -0.05) is 19.1 Å². The van der Waals surface area contributed by atoms with Crippen LogP contribution in [-0.2, 0) is 24.3 Å². The van der Waals surface area contributed by atoms with Gasteiger partial charge in [0, 0.05) is 39.5 Å². The van der Waals surface area contributed by atoms with Crippen LogP contribution in [0.4, 0.5) is 0 Å². The van der Waals surface area contributed by atoms with Crippen LogP contribution in [0.3, 0.4) is 0 Å². The molecule has 25 heavy (non-hydrogen) atoms. The minimum Gasteiger partial charge on any atom is -0.333 e. The van der Waals surface area contributed by atoms with E-state index in [0.717, 1.165) is 12.0 Å². The van der Waals surface area contributed by atoms with Crippen molar-refractivity contribution in [2.75, 3.05) is 0 Å². The van der Waals surface area contributed by atoms with Crippen molar-refractivity contribution in [3.05, 3.63) is 74.4 Å². The summed E-state index contributed by atoms with van der Waals surface area (Å²) in [5, 5.41) is 2.06. The monoisotopic (exact) mass is 370 g/mol. The van der Waals surface area contributed by atoms with E-state index in [9.17, 15) is 4.79 Å². The Morgan fingerprint density at radius 2 is 2.04 bits per heavy atom. The van der Waals surface area contributed by atoms with Gasteiger partial charge >= 0.3 is 0 Å². The van der Waals surface area contributed by atoms with Crippen molar-refractivity contribution in [2.45, 2.75) is 33.4 Å². The first-order chi connectivity index (χ1) is 12.1. The zero-order chi connectivity index (χ0) is 17.6. The summed E-state index contributed by atoms with van der Waals surface area (Å²) in [6.45, 7) is 5.37. The Morgan fingerprint density at radius 1 is 1.16 bits per heavy atom. The molecule has 1 amide bonds. The van der Waals surface area contributed by atoms with E-state index in [4.69, 9.17) is 0 Å². The molecule has 3 aromatic heterocycles. The maximum atomic E-state index is 13.1. The van der Waals surface area contributed by atoms with Crippen molar-refractivity contribution in [2.24, 2.45) is 5.92 Å². The van der Waals surface area contributed by atoms with Gasteiger partial charge in [0.1, 0.15) is 0 Å². The summed E-state index contributed by atoms with van der Waals surface area (Å²) in [4.78, 5) is 23.0. The number of rotatable bonds is 7. The number of hydrogen-bond acceptors (Lipinski definition) is 4. The topological polar surface area (TPSA) is 33.2 Å². The van der Waals surface area contributed by atoms with Crippen LogP contribution in [0.2, 0.25) is 0 Å². The maximum absolute atomic E-state index is 13.1. The highest BCUT2D eigenvalue weighted by Gasteiger charge is 2.22. The number of carbonyl (C=O) groups is 1. The zero-order valence-electron chi connectivity index (χ0n) is 14.5. The van der Waals surface area contributed by atoms with E-state index < -0.39 is 0 Å². The molecule has 3 nitrogen and oxygen atoms in total. The summed E-state index contributed by atoms with van der Waals surface area (Å²) in [7, 11) is 0. The fourth-order valence-electron chi connectivity index (χ4n) is 2.81. The van der Waals surface area contributed by atoms with Crippen molar-refractivity contribution in [3.8, 4) is 0 Å². The lowest BCUT2D eigenvalue weighted by Gasteiger charge is -2.25. The van der Waals surface area contributed by atoms with Gasteiger partial charge in [0.05, 0.1) is 6.54 Å². The van der Waals surface area contributed by atoms with E-state index in [1.54, 1.807) is 28.9 Å². The summed E-state index contributed by atoms with van der Waals surface area (Å²) in [5.74, 6) is 0.166. The van der Waals surface area contributed by atoms with Gasteiger partial charge in [-0.15, -0.1) is 22.7 Å². The van der Waals surface area contributed by atoms with E-state index in [2.05, 4.69) is 35.5 Å². The van der Waals surface area contributed by atoms with Gasteiger partial charge < -0.3 is 4.90 Å². The standard InChI is InChI=1S/C20H22N2OS2/c1-15(11-18-6-4-10-24-18)20(23)22(13-17-5-3-9-21-12-17)14-19-8-7-16(2)25-19/h3-10,12,15H,11,13-14H2,1-2H3. The van der Waals surface area contributed by atoms with Gasteiger partial charge in [0.2, 0.25) is 5.91 Å². The predicted molar refractivity (Wildman–Crippen MR) is 105 cm³/mol. The molecular weight excluding hydrogens is 348 g/mol. The number of aryl methyl sites for hydroxylation is 1. The number of hydrogen-bond donors (Lipinski definition) is 0.